The Morgan fingerprint density at radius 2 is 1.65 bits per heavy atom. The van der Waals surface area contributed by atoms with Crippen molar-refractivity contribution in [1.82, 2.24) is 15.1 Å². The molecular weight excluding hydrogens is 362 g/mol. The standard InChI is InChI=1S/C16H22BrN3O3/c1-18-7-6-15(21)19-8-10-20(11-9-19)16(22)12-23-14-4-2-13(17)3-5-14/h2-5,18H,6-12H2,1H3. The number of piperazine rings is 1. The van der Waals surface area contributed by atoms with Gasteiger partial charge < -0.3 is 19.9 Å². The second kappa shape index (κ2) is 8.88. The molecule has 2 amide bonds. The van der Waals surface area contributed by atoms with E-state index in [2.05, 4.69) is 21.2 Å². The zero-order chi connectivity index (χ0) is 16.7. The van der Waals surface area contributed by atoms with Gasteiger partial charge in [0, 0.05) is 43.6 Å². The molecule has 0 aliphatic carbocycles. The van der Waals surface area contributed by atoms with Crippen LogP contribution in [0.3, 0.4) is 0 Å². The first kappa shape index (κ1) is 17.7. The highest BCUT2D eigenvalue weighted by Crippen LogP contribution is 2.16. The molecular formula is C16H22BrN3O3. The van der Waals surface area contributed by atoms with Crippen molar-refractivity contribution in [3.63, 3.8) is 0 Å². The third-order valence-corrected chi connectivity index (χ3v) is 4.28. The fraction of sp³-hybridized carbons (Fsp3) is 0.500. The molecule has 1 aromatic rings. The summed E-state index contributed by atoms with van der Waals surface area (Å²) in [5.74, 6) is 0.759. The van der Waals surface area contributed by atoms with Crippen LogP contribution in [0.2, 0.25) is 0 Å². The number of carbonyl (C=O) groups is 2. The Kier molecular flexibility index (Phi) is 6.85. The molecule has 1 heterocycles. The number of nitrogens with zero attached hydrogens (tertiary/aromatic N) is 2. The van der Waals surface area contributed by atoms with Gasteiger partial charge in [-0.15, -0.1) is 0 Å². The maximum Gasteiger partial charge on any atom is 0.260 e. The fourth-order valence-electron chi connectivity index (χ4n) is 2.36. The van der Waals surface area contributed by atoms with E-state index in [1.54, 1.807) is 4.90 Å². The average molecular weight is 384 g/mol. The van der Waals surface area contributed by atoms with E-state index < -0.39 is 0 Å². The van der Waals surface area contributed by atoms with Crippen molar-refractivity contribution < 1.29 is 14.3 Å². The van der Waals surface area contributed by atoms with E-state index in [0.717, 1.165) is 4.47 Å². The molecule has 6 nitrogen and oxygen atoms in total. The zero-order valence-corrected chi connectivity index (χ0v) is 14.8. The second-order valence-electron chi connectivity index (χ2n) is 5.36. The molecule has 0 saturated carbocycles. The number of carbonyl (C=O) groups excluding carboxylic acids is 2. The second-order valence-corrected chi connectivity index (χ2v) is 6.27. The molecule has 1 aliphatic rings. The third-order valence-electron chi connectivity index (χ3n) is 3.75. The van der Waals surface area contributed by atoms with E-state index in [4.69, 9.17) is 4.74 Å². The summed E-state index contributed by atoms with van der Waals surface area (Å²) in [7, 11) is 1.83. The fourth-order valence-corrected chi connectivity index (χ4v) is 2.63. The highest BCUT2D eigenvalue weighted by molar-refractivity contribution is 9.10. The van der Waals surface area contributed by atoms with Gasteiger partial charge in [0.2, 0.25) is 5.91 Å². The molecule has 1 aliphatic heterocycles. The number of hydrogen-bond donors (Lipinski definition) is 1. The Morgan fingerprint density at radius 1 is 1.09 bits per heavy atom. The molecule has 1 N–H and O–H groups in total. The van der Waals surface area contributed by atoms with Gasteiger partial charge >= 0.3 is 0 Å². The molecule has 1 fully saturated rings. The lowest BCUT2D eigenvalue weighted by molar-refractivity contribution is -0.140. The molecule has 1 saturated heterocycles. The number of benzene rings is 1. The molecule has 0 spiro atoms. The maximum absolute atomic E-state index is 12.2. The van der Waals surface area contributed by atoms with Gasteiger partial charge in [-0.25, -0.2) is 0 Å². The van der Waals surface area contributed by atoms with Crippen molar-refractivity contribution in [2.24, 2.45) is 0 Å². The van der Waals surface area contributed by atoms with Crippen LogP contribution in [0, 0.1) is 0 Å². The van der Waals surface area contributed by atoms with E-state index in [1.807, 2.05) is 36.2 Å². The minimum Gasteiger partial charge on any atom is -0.484 e. The molecule has 0 bridgehead atoms. The smallest absolute Gasteiger partial charge is 0.260 e. The number of halogens is 1. The number of amides is 2. The molecule has 23 heavy (non-hydrogen) atoms. The van der Waals surface area contributed by atoms with E-state index in [0.29, 0.717) is 44.9 Å². The van der Waals surface area contributed by atoms with Crippen molar-refractivity contribution in [2.45, 2.75) is 6.42 Å². The predicted octanol–water partition coefficient (Wildman–Crippen LogP) is 1.11. The summed E-state index contributed by atoms with van der Waals surface area (Å²) < 4.78 is 6.47. The monoisotopic (exact) mass is 383 g/mol. The summed E-state index contributed by atoms with van der Waals surface area (Å²) >= 11 is 3.35. The van der Waals surface area contributed by atoms with Crippen LogP contribution in [-0.2, 0) is 9.59 Å². The molecule has 0 aromatic heterocycles. The SMILES string of the molecule is CNCCC(=O)N1CCN(C(=O)COc2ccc(Br)cc2)CC1. The Morgan fingerprint density at radius 3 is 2.22 bits per heavy atom. The van der Waals surface area contributed by atoms with Crippen molar-refractivity contribution in [3.05, 3.63) is 28.7 Å². The Hall–Kier alpha value is -1.60. The number of ether oxygens (including phenoxy) is 1. The number of hydrogen-bond acceptors (Lipinski definition) is 4. The van der Waals surface area contributed by atoms with Gasteiger partial charge in [-0.3, -0.25) is 9.59 Å². The minimum absolute atomic E-state index is 0.0231. The summed E-state index contributed by atoms with van der Waals surface area (Å²) in [6.45, 7) is 3.01. The first-order valence-corrected chi connectivity index (χ1v) is 8.48. The molecule has 1 aromatic carbocycles. The van der Waals surface area contributed by atoms with Crippen LogP contribution in [-0.4, -0.2) is 68.0 Å². The number of nitrogens with one attached hydrogen (secondary N) is 1. The normalized spacial score (nSPS) is 14.7. The first-order chi connectivity index (χ1) is 11.1. The topological polar surface area (TPSA) is 61.9 Å². The van der Waals surface area contributed by atoms with Crippen LogP contribution >= 0.6 is 15.9 Å². The van der Waals surface area contributed by atoms with Crippen LogP contribution in [0.15, 0.2) is 28.7 Å². The Labute approximate surface area is 144 Å². The molecule has 7 heteroatoms. The molecule has 126 valence electrons. The summed E-state index contributed by atoms with van der Waals surface area (Å²) in [5.41, 5.74) is 0. The van der Waals surface area contributed by atoms with Crippen LogP contribution < -0.4 is 10.1 Å². The van der Waals surface area contributed by atoms with Gasteiger partial charge in [-0.1, -0.05) is 15.9 Å². The van der Waals surface area contributed by atoms with Crippen LogP contribution in [0.5, 0.6) is 5.75 Å². The van der Waals surface area contributed by atoms with E-state index in [1.165, 1.54) is 0 Å². The van der Waals surface area contributed by atoms with Crippen molar-refractivity contribution in [3.8, 4) is 5.75 Å². The highest BCUT2D eigenvalue weighted by Gasteiger charge is 2.23. The number of rotatable bonds is 6. The van der Waals surface area contributed by atoms with Gasteiger partial charge in [0.25, 0.3) is 5.91 Å². The lowest BCUT2D eigenvalue weighted by Gasteiger charge is -2.34. The average Bonchev–Trinajstić information content (AvgIpc) is 2.59. The predicted molar refractivity (Wildman–Crippen MR) is 91.3 cm³/mol. The molecule has 2 rings (SSSR count). The maximum atomic E-state index is 12.2. The zero-order valence-electron chi connectivity index (χ0n) is 13.3. The van der Waals surface area contributed by atoms with Gasteiger partial charge in [-0.2, -0.15) is 0 Å². The summed E-state index contributed by atoms with van der Waals surface area (Å²) in [6, 6.07) is 7.37. The van der Waals surface area contributed by atoms with E-state index in [9.17, 15) is 9.59 Å². The van der Waals surface area contributed by atoms with Crippen LogP contribution in [0.25, 0.3) is 0 Å². The molecule has 0 unspecified atom stereocenters. The van der Waals surface area contributed by atoms with E-state index in [-0.39, 0.29) is 18.4 Å². The lowest BCUT2D eigenvalue weighted by Crippen LogP contribution is -2.51. The van der Waals surface area contributed by atoms with Crippen LogP contribution in [0.4, 0.5) is 0 Å². The first-order valence-electron chi connectivity index (χ1n) is 7.68. The lowest BCUT2D eigenvalue weighted by atomic mass is 10.2. The van der Waals surface area contributed by atoms with Gasteiger partial charge in [0.1, 0.15) is 5.75 Å². The van der Waals surface area contributed by atoms with Crippen molar-refractivity contribution in [1.29, 1.82) is 0 Å². The van der Waals surface area contributed by atoms with Crippen LogP contribution in [0.1, 0.15) is 6.42 Å². The highest BCUT2D eigenvalue weighted by atomic mass is 79.9. The summed E-state index contributed by atoms with van der Waals surface area (Å²) in [5, 5.41) is 2.97. The summed E-state index contributed by atoms with van der Waals surface area (Å²) in [4.78, 5) is 27.7. The van der Waals surface area contributed by atoms with Gasteiger partial charge in [-0.05, 0) is 31.3 Å². The van der Waals surface area contributed by atoms with Gasteiger partial charge in [0.05, 0.1) is 0 Å². The largest absolute Gasteiger partial charge is 0.484 e. The Bertz CT molecular complexity index is 528. The third kappa shape index (κ3) is 5.51. The Balaban J connectivity index is 1.73. The van der Waals surface area contributed by atoms with Crippen molar-refractivity contribution >= 4 is 27.7 Å². The quantitative estimate of drug-likeness (QED) is 0.798. The minimum atomic E-state index is -0.0461. The van der Waals surface area contributed by atoms with E-state index >= 15 is 0 Å². The molecule has 0 atom stereocenters. The van der Waals surface area contributed by atoms with Gasteiger partial charge in [0.15, 0.2) is 6.61 Å². The van der Waals surface area contributed by atoms with Crippen molar-refractivity contribution in [2.75, 3.05) is 46.4 Å². The molecule has 0 radical (unpaired) electrons. The summed E-state index contributed by atoms with van der Waals surface area (Å²) in [6.07, 6.45) is 0.497.